The van der Waals surface area contributed by atoms with E-state index >= 15 is 4.39 Å². The maximum atomic E-state index is 16.6. The Morgan fingerprint density at radius 1 is 1.12 bits per heavy atom. The van der Waals surface area contributed by atoms with Gasteiger partial charge in [-0.1, -0.05) is 11.3 Å². The van der Waals surface area contributed by atoms with Gasteiger partial charge in [-0.25, -0.2) is 13.8 Å². The van der Waals surface area contributed by atoms with E-state index < -0.39 is 28.9 Å². The number of anilines is 2. The van der Waals surface area contributed by atoms with Gasteiger partial charge in [-0.2, -0.15) is 23.1 Å². The molecule has 3 N–H and O–H groups in total. The summed E-state index contributed by atoms with van der Waals surface area (Å²) in [4.78, 5) is 17.1. The van der Waals surface area contributed by atoms with E-state index in [2.05, 4.69) is 25.2 Å². The lowest BCUT2D eigenvalue weighted by Gasteiger charge is -2.37. The van der Waals surface area contributed by atoms with Gasteiger partial charge in [0.05, 0.1) is 27.4 Å². The Morgan fingerprint density at radius 3 is 2.52 bits per heavy atom. The molecule has 3 aliphatic rings. The zero-order chi connectivity index (χ0) is 29.4. The summed E-state index contributed by atoms with van der Waals surface area (Å²) in [5.74, 6) is -1.78. The number of likely N-dealkylation sites (N-methyl/N-ethyl adjacent to an activating group) is 1. The van der Waals surface area contributed by atoms with Crippen molar-refractivity contribution in [2.45, 2.75) is 43.4 Å². The zero-order valence-electron chi connectivity index (χ0n) is 22.7. The number of nitrogens with one attached hydrogen (secondary N) is 1. The number of nitrogens with zero attached hydrogens (tertiary/aromatic N) is 5. The molecule has 3 saturated heterocycles. The van der Waals surface area contributed by atoms with Crippen LogP contribution in [-0.4, -0.2) is 71.3 Å². The number of fused-ring (bicyclic) bond motifs is 3. The first-order chi connectivity index (χ1) is 20.1. The Bertz CT molecular complexity index is 1700. The highest BCUT2D eigenvalue weighted by molar-refractivity contribution is 7.22. The number of halogens is 5. The minimum Gasteiger partial charge on any atom is -0.461 e. The van der Waals surface area contributed by atoms with Crippen LogP contribution in [0.4, 0.5) is 32.9 Å². The molecule has 222 valence electrons. The molecular weight excluding hydrogens is 577 g/mol. The molecule has 3 aliphatic heterocycles. The van der Waals surface area contributed by atoms with Gasteiger partial charge >= 0.3 is 12.2 Å². The largest absolute Gasteiger partial charge is 0.461 e. The summed E-state index contributed by atoms with van der Waals surface area (Å²) in [6.45, 7) is 3.47. The zero-order valence-corrected chi connectivity index (χ0v) is 23.5. The van der Waals surface area contributed by atoms with Crippen molar-refractivity contribution in [1.29, 1.82) is 0 Å². The van der Waals surface area contributed by atoms with Crippen molar-refractivity contribution >= 4 is 43.4 Å². The number of alkyl halides is 3. The maximum Gasteiger partial charge on any atom is 0.417 e. The molecule has 2 aromatic heterocycles. The van der Waals surface area contributed by atoms with Gasteiger partial charge in [0.15, 0.2) is 10.9 Å². The molecule has 7 rings (SSSR count). The van der Waals surface area contributed by atoms with E-state index in [4.69, 9.17) is 10.5 Å². The van der Waals surface area contributed by atoms with E-state index in [-0.39, 0.29) is 55.2 Å². The van der Waals surface area contributed by atoms with Crippen molar-refractivity contribution in [3.05, 3.63) is 35.4 Å². The van der Waals surface area contributed by atoms with Crippen LogP contribution in [0, 0.1) is 11.6 Å². The topological polar surface area (TPSA) is 92.4 Å². The molecule has 0 bridgehead atoms. The third-order valence-corrected chi connectivity index (χ3v) is 9.79. The van der Waals surface area contributed by atoms with Crippen LogP contribution in [0.5, 0.6) is 6.01 Å². The van der Waals surface area contributed by atoms with E-state index in [9.17, 15) is 17.6 Å². The molecule has 0 aliphatic carbocycles. The van der Waals surface area contributed by atoms with Crippen LogP contribution in [0.1, 0.15) is 31.2 Å². The van der Waals surface area contributed by atoms with Crippen molar-refractivity contribution in [3.63, 3.8) is 0 Å². The summed E-state index contributed by atoms with van der Waals surface area (Å²) in [5, 5.41) is 3.00. The number of rotatable bonds is 6. The number of benzene rings is 2. The summed E-state index contributed by atoms with van der Waals surface area (Å²) in [5.41, 5.74) is 2.93. The molecule has 42 heavy (non-hydrogen) atoms. The average Bonchev–Trinajstić information content (AvgIpc) is 3.60. The quantitative estimate of drug-likeness (QED) is 0.290. The van der Waals surface area contributed by atoms with Crippen LogP contribution in [0.15, 0.2) is 18.2 Å². The minimum atomic E-state index is -4.96. The molecule has 0 saturated carbocycles. The molecule has 0 spiro atoms. The minimum absolute atomic E-state index is 0.0469. The van der Waals surface area contributed by atoms with Crippen LogP contribution in [0.3, 0.4) is 0 Å². The Kier molecular flexibility index (Phi) is 6.44. The number of nitrogens with two attached hydrogens (primary N) is 1. The van der Waals surface area contributed by atoms with Crippen LogP contribution in [0.2, 0.25) is 0 Å². The van der Waals surface area contributed by atoms with Crippen LogP contribution < -0.4 is 20.7 Å². The molecule has 5 heterocycles. The molecule has 0 amide bonds. The van der Waals surface area contributed by atoms with Crippen molar-refractivity contribution in [2.24, 2.45) is 0 Å². The Balaban J connectivity index is 1.43. The molecule has 8 nitrogen and oxygen atoms in total. The van der Waals surface area contributed by atoms with Gasteiger partial charge in [0.1, 0.15) is 23.8 Å². The molecule has 0 atom stereocenters. The van der Waals surface area contributed by atoms with Crippen molar-refractivity contribution in [2.75, 3.05) is 50.5 Å². The van der Waals surface area contributed by atoms with Crippen LogP contribution >= 0.6 is 11.3 Å². The Morgan fingerprint density at radius 2 is 1.86 bits per heavy atom. The van der Waals surface area contributed by atoms with E-state index in [1.807, 2.05) is 0 Å². The molecule has 4 aromatic rings. The first-order valence-corrected chi connectivity index (χ1v) is 14.7. The van der Waals surface area contributed by atoms with Crippen molar-refractivity contribution in [3.8, 4) is 17.1 Å². The summed E-state index contributed by atoms with van der Waals surface area (Å²) >= 11 is 0.783. The number of hydrogen-bond acceptors (Lipinski definition) is 9. The van der Waals surface area contributed by atoms with Crippen LogP contribution in [0.25, 0.3) is 32.2 Å². The fraction of sp³-hybridized carbons (Fsp3) is 0.464. The Labute approximate surface area is 241 Å². The van der Waals surface area contributed by atoms with Gasteiger partial charge in [0, 0.05) is 36.7 Å². The first-order valence-electron chi connectivity index (χ1n) is 13.8. The van der Waals surface area contributed by atoms with E-state index in [1.165, 1.54) is 0 Å². The lowest BCUT2D eigenvalue weighted by Crippen LogP contribution is -2.56. The summed E-state index contributed by atoms with van der Waals surface area (Å²) in [6, 6.07) is 2.80. The third kappa shape index (κ3) is 4.33. The highest BCUT2D eigenvalue weighted by Gasteiger charge is 2.45. The van der Waals surface area contributed by atoms with Gasteiger partial charge in [-0.15, -0.1) is 0 Å². The van der Waals surface area contributed by atoms with E-state index in [1.54, 1.807) is 11.9 Å². The van der Waals surface area contributed by atoms with E-state index in [0.29, 0.717) is 19.7 Å². The molecule has 2 aromatic carbocycles. The number of thiazole rings is 1. The van der Waals surface area contributed by atoms with Crippen LogP contribution in [-0.2, 0) is 6.18 Å². The summed E-state index contributed by atoms with van der Waals surface area (Å²) in [6.07, 6.45) is -0.923. The number of ether oxygens (including phenoxy) is 1. The monoisotopic (exact) mass is 605 g/mol. The lowest BCUT2D eigenvalue weighted by molar-refractivity contribution is -0.137. The van der Waals surface area contributed by atoms with Crippen molar-refractivity contribution in [1.82, 2.24) is 25.2 Å². The molecular formula is C28H28F5N7OS. The second-order valence-electron chi connectivity index (χ2n) is 11.3. The third-order valence-electron chi connectivity index (χ3n) is 8.90. The maximum absolute atomic E-state index is 16.6. The second-order valence-corrected chi connectivity index (χ2v) is 12.3. The lowest BCUT2D eigenvalue weighted by atomic mass is 9.95. The fourth-order valence-corrected chi connectivity index (χ4v) is 7.35. The van der Waals surface area contributed by atoms with E-state index in [0.717, 1.165) is 68.3 Å². The van der Waals surface area contributed by atoms with Gasteiger partial charge in [0.2, 0.25) is 0 Å². The first kappa shape index (κ1) is 27.5. The average molecular weight is 606 g/mol. The predicted octanol–water partition coefficient (Wildman–Crippen LogP) is 5.20. The highest BCUT2D eigenvalue weighted by Crippen LogP contribution is 2.46. The molecule has 0 unspecified atom stereocenters. The number of hydrogen-bond donors (Lipinski definition) is 2. The van der Waals surface area contributed by atoms with Gasteiger partial charge in [0.25, 0.3) is 0 Å². The van der Waals surface area contributed by atoms with Gasteiger partial charge in [-0.3, -0.25) is 4.90 Å². The number of aromatic nitrogens is 3. The van der Waals surface area contributed by atoms with Crippen molar-refractivity contribution < 1.29 is 26.7 Å². The second kappa shape index (κ2) is 9.85. The van der Waals surface area contributed by atoms with Gasteiger partial charge < -0.3 is 20.7 Å². The Hall–Kier alpha value is -3.36. The highest BCUT2D eigenvalue weighted by atomic mass is 32.1. The molecule has 3 fully saturated rings. The predicted molar refractivity (Wildman–Crippen MR) is 151 cm³/mol. The summed E-state index contributed by atoms with van der Waals surface area (Å²) < 4.78 is 81.1. The molecule has 14 heteroatoms. The normalized spacial score (nSPS) is 19.0. The summed E-state index contributed by atoms with van der Waals surface area (Å²) in [7, 11) is 1.71. The SMILES string of the molecule is CN(c1nc(OCC23CCCN2CCC3)nc2c(F)c(-c3ccc(F)c4sc(N)nc34)c(C(F)(F)F)cc12)C1CNC1. The standard InChI is InChI=1S/C28H28F5N7OS/c1-39(14-11-35-12-14)24-16-10-17(28(31,32)33)19(15-4-5-18(29)23-22(15)36-25(34)42-23)20(30)21(16)37-26(38-24)41-13-27-6-2-8-40(27)9-3-7-27/h4-5,10,14,35H,2-3,6-9,11-13H2,1H3,(H2,34,36). The smallest absolute Gasteiger partial charge is 0.417 e. The molecule has 0 radical (unpaired) electrons. The fourth-order valence-electron chi connectivity index (χ4n) is 6.59. The van der Waals surface area contributed by atoms with Gasteiger partial charge in [-0.05, 0) is 57.0 Å². The number of nitrogen functional groups attached to an aromatic ring is 1.